The topological polar surface area (TPSA) is 67.4 Å². The fraction of sp³-hybridized carbons (Fsp3) is 0.222. The zero-order chi connectivity index (χ0) is 17.5. The zero-order valence-corrected chi connectivity index (χ0v) is 13.6. The summed E-state index contributed by atoms with van der Waals surface area (Å²) in [5.74, 6) is -0.748. The highest BCUT2D eigenvalue weighted by Gasteiger charge is 2.08. The molecule has 0 saturated heterocycles. The zero-order valence-electron chi connectivity index (χ0n) is 13.6. The van der Waals surface area contributed by atoms with E-state index >= 15 is 0 Å². The predicted molar refractivity (Wildman–Crippen MR) is 89.4 cm³/mol. The molecule has 0 saturated carbocycles. The van der Waals surface area contributed by atoms with Crippen LogP contribution in [0, 0.1) is 12.7 Å². The summed E-state index contributed by atoms with van der Waals surface area (Å²) in [5, 5.41) is 5.31. The average molecular weight is 330 g/mol. The molecule has 0 bridgehead atoms. The van der Waals surface area contributed by atoms with Gasteiger partial charge in [0.05, 0.1) is 12.2 Å². The molecule has 0 spiro atoms. The van der Waals surface area contributed by atoms with E-state index in [0.29, 0.717) is 23.4 Å². The van der Waals surface area contributed by atoms with Crippen molar-refractivity contribution in [2.75, 3.05) is 11.9 Å². The summed E-state index contributed by atoms with van der Waals surface area (Å²) >= 11 is 0. The van der Waals surface area contributed by atoms with E-state index in [0.717, 1.165) is 5.56 Å². The van der Waals surface area contributed by atoms with Gasteiger partial charge in [-0.05, 0) is 61.4 Å². The number of carbonyl (C=O) groups excluding carboxylic acids is 2. The first-order valence-corrected chi connectivity index (χ1v) is 7.56. The molecule has 126 valence electrons. The molecular formula is C18H19FN2O3. The van der Waals surface area contributed by atoms with E-state index in [1.807, 2.05) is 6.92 Å². The van der Waals surface area contributed by atoms with Gasteiger partial charge in [-0.3, -0.25) is 0 Å². The molecule has 6 heteroatoms. The highest BCUT2D eigenvalue weighted by atomic mass is 19.1. The van der Waals surface area contributed by atoms with Crippen molar-refractivity contribution in [1.29, 1.82) is 0 Å². The van der Waals surface area contributed by atoms with Crippen molar-refractivity contribution in [1.82, 2.24) is 5.32 Å². The Labute approximate surface area is 139 Å². The fourth-order valence-electron chi connectivity index (χ4n) is 2.09. The van der Waals surface area contributed by atoms with Crippen LogP contribution in [0.15, 0.2) is 42.5 Å². The van der Waals surface area contributed by atoms with Crippen LogP contribution in [0.5, 0.6) is 0 Å². The van der Waals surface area contributed by atoms with Gasteiger partial charge in [-0.15, -0.1) is 0 Å². The molecule has 2 rings (SSSR count). The molecule has 24 heavy (non-hydrogen) atoms. The van der Waals surface area contributed by atoms with Gasteiger partial charge >= 0.3 is 12.0 Å². The van der Waals surface area contributed by atoms with Crippen LogP contribution in [0.2, 0.25) is 0 Å². The number of halogens is 1. The minimum Gasteiger partial charge on any atom is -0.462 e. The summed E-state index contributed by atoms with van der Waals surface area (Å²) < 4.78 is 18.1. The van der Waals surface area contributed by atoms with E-state index in [1.165, 1.54) is 12.1 Å². The number of nitrogens with one attached hydrogen (secondary N) is 2. The lowest BCUT2D eigenvalue weighted by molar-refractivity contribution is 0.0526. The minimum atomic E-state index is -0.414. The molecule has 0 radical (unpaired) electrons. The van der Waals surface area contributed by atoms with Crippen LogP contribution in [-0.4, -0.2) is 18.6 Å². The first kappa shape index (κ1) is 17.5. The fourth-order valence-corrected chi connectivity index (χ4v) is 2.09. The van der Waals surface area contributed by atoms with Gasteiger partial charge in [0.25, 0.3) is 0 Å². The third kappa shape index (κ3) is 4.81. The largest absolute Gasteiger partial charge is 0.462 e. The molecule has 0 aromatic heterocycles. The molecule has 0 heterocycles. The minimum absolute atomic E-state index is 0.219. The van der Waals surface area contributed by atoms with Crippen LogP contribution in [0.3, 0.4) is 0 Å². The van der Waals surface area contributed by atoms with E-state index in [9.17, 15) is 14.0 Å². The molecular weight excluding hydrogens is 311 g/mol. The maximum atomic E-state index is 13.2. The van der Waals surface area contributed by atoms with Crippen LogP contribution in [0.1, 0.15) is 28.4 Å². The van der Waals surface area contributed by atoms with Gasteiger partial charge in [0.1, 0.15) is 5.82 Å². The molecule has 0 aliphatic rings. The standard InChI is InChI=1S/C18H19FN2O3/c1-3-24-17(22)13-5-8-16(9-6-13)21-18(23)20-11-14-10-15(19)7-4-12(14)2/h4-10H,3,11H2,1-2H3,(H2,20,21,23). The molecule has 0 unspecified atom stereocenters. The number of rotatable bonds is 5. The van der Waals surface area contributed by atoms with Crippen molar-refractivity contribution < 1.29 is 18.7 Å². The lowest BCUT2D eigenvalue weighted by atomic mass is 10.1. The number of hydrogen-bond acceptors (Lipinski definition) is 3. The number of benzene rings is 2. The summed E-state index contributed by atoms with van der Waals surface area (Å²) in [4.78, 5) is 23.4. The molecule has 2 amide bonds. The van der Waals surface area contributed by atoms with E-state index in [2.05, 4.69) is 10.6 Å². The Hall–Kier alpha value is -2.89. The smallest absolute Gasteiger partial charge is 0.338 e. The van der Waals surface area contributed by atoms with E-state index < -0.39 is 12.0 Å². The second-order valence-electron chi connectivity index (χ2n) is 5.18. The molecule has 0 aliphatic heterocycles. The lowest BCUT2D eigenvalue weighted by Gasteiger charge is -2.10. The Balaban J connectivity index is 1.90. The van der Waals surface area contributed by atoms with E-state index in [1.54, 1.807) is 37.3 Å². The third-order valence-corrected chi connectivity index (χ3v) is 3.40. The molecule has 0 aliphatic carbocycles. The van der Waals surface area contributed by atoms with Gasteiger partial charge in [0.2, 0.25) is 0 Å². The summed E-state index contributed by atoms with van der Waals surface area (Å²) in [6.07, 6.45) is 0. The molecule has 0 fully saturated rings. The Morgan fingerprint density at radius 1 is 1.12 bits per heavy atom. The number of anilines is 1. The highest BCUT2D eigenvalue weighted by molar-refractivity contribution is 5.92. The maximum Gasteiger partial charge on any atom is 0.338 e. The first-order chi connectivity index (χ1) is 11.5. The van der Waals surface area contributed by atoms with Crippen molar-refractivity contribution in [3.05, 3.63) is 65.0 Å². The third-order valence-electron chi connectivity index (χ3n) is 3.40. The Morgan fingerprint density at radius 2 is 1.83 bits per heavy atom. The van der Waals surface area contributed by atoms with Gasteiger partial charge in [-0.25, -0.2) is 14.0 Å². The lowest BCUT2D eigenvalue weighted by Crippen LogP contribution is -2.28. The Kier molecular flexibility index (Phi) is 5.89. The number of urea groups is 1. The number of ether oxygens (including phenoxy) is 1. The van der Waals surface area contributed by atoms with Gasteiger partial charge < -0.3 is 15.4 Å². The van der Waals surface area contributed by atoms with Crippen LogP contribution in [0.25, 0.3) is 0 Å². The van der Waals surface area contributed by atoms with Gasteiger partial charge in [-0.1, -0.05) is 6.07 Å². The number of amides is 2. The molecule has 2 N–H and O–H groups in total. The summed E-state index contributed by atoms with van der Waals surface area (Å²) in [5.41, 5.74) is 2.56. The van der Waals surface area contributed by atoms with E-state index in [4.69, 9.17) is 4.74 Å². The SMILES string of the molecule is CCOC(=O)c1ccc(NC(=O)NCc2cc(F)ccc2C)cc1. The monoisotopic (exact) mass is 330 g/mol. The molecule has 5 nitrogen and oxygen atoms in total. The van der Waals surface area contributed by atoms with Crippen molar-refractivity contribution in [3.63, 3.8) is 0 Å². The number of hydrogen-bond donors (Lipinski definition) is 2. The quantitative estimate of drug-likeness (QED) is 0.823. The Bertz CT molecular complexity index is 730. The second kappa shape index (κ2) is 8.10. The van der Waals surface area contributed by atoms with Crippen molar-refractivity contribution in [2.45, 2.75) is 20.4 Å². The number of carbonyl (C=O) groups is 2. The van der Waals surface area contributed by atoms with Crippen LogP contribution in [-0.2, 0) is 11.3 Å². The summed E-state index contributed by atoms with van der Waals surface area (Å²) in [7, 11) is 0. The first-order valence-electron chi connectivity index (χ1n) is 7.56. The average Bonchev–Trinajstić information content (AvgIpc) is 2.56. The van der Waals surface area contributed by atoms with Gasteiger partial charge in [0.15, 0.2) is 0 Å². The molecule has 0 atom stereocenters. The van der Waals surface area contributed by atoms with Gasteiger partial charge in [-0.2, -0.15) is 0 Å². The number of esters is 1. The Morgan fingerprint density at radius 3 is 2.50 bits per heavy atom. The van der Waals surface area contributed by atoms with Crippen LogP contribution < -0.4 is 10.6 Å². The molecule has 2 aromatic carbocycles. The van der Waals surface area contributed by atoms with Crippen LogP contribution >= 0.6 is 0 Å². The summed E-state index contributed by atoms with van der Waals surface area (Å²) in [6.45, 7) is 4.11. The number of aryl methyl sites for hydroxylation is 1. The van der Waals surface area contributed by atoms with Crippen molar-refractivity contribution in [2.24, 2.45) is 0 Å². The van der Waals surface area contributed by atoms with Crippen molar-refractivity contribution >= 4 is 17.7 Å². The summed E-state index contributed by atoms with van der Waals surface area (Å²) in [6, 6.07) is 10.4. The highest BCUT2D eigenvalue weighted by Crippen LogP contribution is 2.12. The maximum absolute atomic E-state index is 13.2. The van der Waals surface area contributed by atoms with Crippen molar-refractivity contribution in [3.8, 4) is 0 Å². The predicted octanol–water partition coefficient (Wildman–Crippen LogP) is 3.63. The second-order valence-corrected chi connectivity index (χ2v) is 5.18. The van der Waals surface area contributed by atoms with E-state index in [-0.39, 0.29) is 12.4 Å². The van der Waals surface area contributed by atoms with Gasteiger partial charge in [0, 0.05) is 12.2 Å². The molecule has 2 aromatic rings. The van der Waals surface area contributed by atoms with Crippen LogP contribution in [0.4, 0.5) is 14.9 Å². The normalized spacial score (nSPS) is 10.1.